The number of carbonyl (C=O) groups excluding carboxylic acids is 1. The van der Waals surface area contributed by atoms with Gasteiger partial charge in [-0.15, -0.1) is 0 Å². The Morgan fingerprint density at radius 3 is 2.62 bits per heavy atom. The minimum atomic E-state index is -0.736. The van der Waals surface area contributed by atoms with Crippen molar-refractivity contribution in [3.05, 3.63) is 40.3 Å². The van der Waals surface area contributed by atoms with E-state index >= 15 is 0 Å². The molecule has 1 aromatic heterocycles. The molecule has 0 radical (unpaired) electrons. The molecular weight excluding hydrogens is 297 g/mol. The second-order valence-electron chi connectivity index (χ2n) is 4.43. The van der Waals surface area contributed by atoms with E-state index in [-0.39, 0.29) is 22.1 Å². The van der Waals surface area contributed by atoms with E-state index in [9.17, 15) is 9.18 Å². The molecule has 0 aliphatic rings. The van der Waals surface area contributed by atoms with Crippen LogP contribution < -0.4 is 11.5 Å². The minimum absolute atomic E-state index is 0.0164. The molecule has 0 atom stereocenters. The molecule has 4 N–H and O–H groups in total. The quantitative estimate of drug-likeness (QED) is 0.657. The van der Waals surface area contributed by atoms with Gasteiger partial charge in [0.05, 0.1) is 23.5 Å². The number of halogens is 2. The summed E-state index contributed by atoms with van der Waals surface area (Å²) in [6.45, 7) is 1.67. The summed E-state index contributed by atoms with van der Waals surface area (Å²) in [5.74, 6) is -1.20. The van der Waals surface area contributed by atoms with E-state index in [0.29, 0.717) is 16.8 Å². The molecule has 0 aliphatic heterocycles. The Kier molecular flexibility index (Phi) is 3.99. The molecule has 2 aromatic rings. The largest absolute Gasteiger partial charge is 0.464 e. The second-order valence-corrected chi connectivity index (χ2v) is 4.81. The number of methoxy groups -OCH3 is 1. The molecule has 1 aromatic carbocycles. The highest BCUT2D eigenvalue weighted by molar-refractivity contribution is 6.35. The summed E-state index contributed by atoms with van der Waals surface area (Å²) in [6, 6.07) is 3.96. The lowest BCUT2D eigenvalue weighted by Crippen LogP contribution is -2.08. The number of hydrogen-bond donors (Lipinski definition) is 2. The summed E-state index contributed by atoms with van der Waals surface area (Å²) < 4.78 is 18.2. The van der Waals surface area contributed by atoms with Crippen molar-refractivity contribution >= 4 is 28.9 Å². The van der Waals surface area contributed by atoms with Gasteiger partial charge in [-0.05, 0) is 30.7 Å². The van der Waals surface area contributed by atoms with Crippen molar-refractivity contribution in [3.8, 4) is 11.3 Å². The van der Waals surface area contributed by atoms with E-state index in [0.717, 1.165) is 0 Å². The average Bonchev–Trinajstić information content (AvgIpc) is 2.44. The first-order valence-corrected chi connectivity index (χ1v) is 6.33. The molecule has 110 valence electrons. The van der Waals surface area contributed by atoms with Crippen LogP contribution in [0.2, 0.25) is 5.02 Å². The normalized spacial score (nSPS) is 10.5. The van der Waals surface area contributed by atoms with Crippen molar-refractivity contribution in [2.24, 2.45) is 0 Å². The van der Waals surface area contributed by atoms with E-state index in [2.05, 4.69) is 9.72 Å². The number of pyridine rings is 1. The van der Waals surface area contributed by atoms with Gasteiger partial charge in [-0.3, -0.25) is 0 Å². The number of hydrogen-bond acceptors (Lipinski definition) is 5. The molecule has 0 saturated carbocycles. The first-order valence-electron chi connectivity index (χ1n) is 5.95. The highest BCUT2D eigenvalue weighted by Gasteiger charge is 2.19. The lowest BCUT2D eigenvalue weighted by atomic mass is 10.0. The average molecular weight is 310 g/mol. The van der Waals surface area contributed by atoms with Crippen LogP contribution in [-0.2, 0) is 4.74 Å². The van der Waals surface area contributed by atoms with Crippen LogP contribution in [0.4, 0.5) is 15.8 Å². The highest BCUT2D eigenvalue weighted by atomic mass is 35.5. The zero-order valence-corrected chi connectivity index (χ0v) is 12.2. The molecule has 21 heavy (non-hydrogen) atoms. The Balaban J connectivity index is 2.71. The maximum Gasteiger partial charge on any atom is 0.358 e. The van der Waals surface area contributed by atoms with Crippen LogP contribution in [0.5, 0.6) is 0 Å². The van der Waals surface area contributed by atoms with E-state index in [1.54, 1.807) is 6.92 Å². The van der Waals surface area contributed by atoms with E-state index in [1.807, 2.05) is 0 Å². The molecule has 2 rings (SSSR count). The lowest BCUT2D eigenvalue weighted by Gasteiger charge is -2.12. The lowest BCUT2D eigenvalue weighted by molar-refractivity contribution is 0.0594. The number of aromatic nitrogens is 1. The van der Waals surface area contributed by atoms with Crippen LogP contribution in [0, 0.1) is 12.7 Å². The maximum absolute atomic E-state index is 13.6. The van der Waals surface area contributed by atoms with Crippen molar-refractivity contribution in [1.29, 1.82) is 0 Å². The van der Waals surface area contributed by atoms with Crippen LogP contribution in [0.15, 0.2) is 18.2 Å². The monoisotopic (exact) mass is 309 g/mol. The second kappa shape index (κ2) is 5.57. The number of benzene rings is 1. The molecule has 0 fully saturated rings. The zero-order chi connectivity index (χ0) is 15.7. The number of anilines is 2. The molecule has 0 spiro atoms. The number of nitrogens with two attached hydrogens (primary N) is 2. The number of nitrogens with zero attached hydrogens (tertiary/aromatic N) is 1. The molecule has 0 unspecified atom stereocenters. The molecule has 0 saturated heterocycles. The van der Waals surface area contributed by atoms with Crippen LogP contribution in [-0.4, -0.2) is 18.1 Å². The Bertz CT molecular complexity index is 735. The van der Waals surface area contributed by atoms with Crippen molar-refractivity contribution in [3.63, 3.8) is 0 Å². The fraction of sp³-hybridized carbons (Fsp3) is 0.143. The number of ether oxygens (including phenoxy) is 1. The van der Waals surface area contributed by atoms with Crippen LogP contribution in [0.3, 0.4) is 0 Å². The number of esters is 1. The van der Waals surface area contributed by atoms with Gasteiger partial charge in [0.2, 0.25) is 0 Å². The number of aryl methyl sites for hydroxylation is 1. The Morgan fingerprint density at radius 1 is 1.33 bits per heavy atom. The van der Waals surface area contributed by atoms with Crippen molar-refractivity contribution in [2.45, 2.75) is 6.92 Å². The number of nitrogen functional groups attached to an aromatic ring is 2. The van der Waals surface area contributed by atoms with Crippen molar-refractivity contribution in [2.75, 3.05) is 18.6 Å². The predicted molar refractivity (Wildman–Crippen MR) is 79.5 cm³/mol. The zero-order valence-electron chi connectivity index (χ0n) is 11.4. The summed E-state index contributed by atoms with van der Waals surface area (Å²) >= 11 is 5.93. The van der Waals surface area contributed by atoms with Gasteiger partial charge in [0, 0.05) is 11.3 Å². The topological polar surface area (TPSA) is 91.2 Å². The molecule has 7 heteroatoms. The first kappa shape index (κ1) is 15.1. The summed E-state index contributed by atoms with van der Waals surface area (Å²) in [5.41, 5.74) is 13.2. The Hall–Kier alpha value is -2.34. The van der Waals surface area contributed by atoms with E-state index in [4.69, 9.17) is 23.1 Å². The van der Waals surface area contributed by atoms with Gasteiger partial charge in [-0.25, -0.2) is 14.2 Å². The van der Waals surface area contributed by atoms with Gasteiger partial charge < -0.3 is 16.2 Å². The summed E-state index contributed by atoms with van der Waals surface area (Å²) in [4.78, 5) is 15.7. The molecular formula is C14H13ClFN3O2. The fourth-order valence-corrected chi connectivity index (χ4v) is 2.06. The third kappa shape index (κ3) is 2.75. The van der Waals surface area contributed by atoms with Gasteiger partial charge in [0.15, 0.2) is 5.69 Å². The minimum Gasteiger partial charge on any atom is -0.464 e. The van der Waals surface area contributed by atoms with Crippen LogP contribution in [0.25, 0.3) is 11.3 Å². The van der Waals surface area contributed by atoms with Crippen LogP contribution >= 0.6 is 11.6 Å². The Morgan fingerprint density at radius 2 is 2.00 bits per heavy atom. The SMILES string of the molecule is COC(=O)c1nc(-c2cc(F)cc(C)c2N)cc(N)c1Cl. The van der Waals surface area contributed by atoms with Crippen molar-refractivity contribution < 1.29 is 13.9 Å². The third-order valence-electron chi connectivity index (χ3n) is 2.99. The highest BCUT2D eigenvalue weighted by Crippen LogP contribution is 2.33. The number of rotatable bonds is 2. The third-order valence-corrected chi connectivity index (χ3v) is 3.39. The summed E-state index contributed by atoms with van der Waals surface area (Å²) in [5, 5.41) is -0.0164. The van der Waals surface area contributed by atoms with Gasteiger partial charge in [-0.2, -0.15) is 0 Å². The van der Waals surface area contributed by atoms with Gasteiger partial charge in [-0.1, -0.05) is 11.6 Å². The predicted octanol–water partition coefficient (Wildman–Crippen LogP) is 2.80. The molecule has 0 bridgehead atoms. The van der Waals surface area contributed by atoms with E-state index in [1.165, 1.54) is 25.3 Å². The van der Waals surface area contributed by atoms with Crippen LogP contribution in [0.1, 0.15) is 16.1 Å². The summed E-state index contributed by atoms with van der Waals surface area (Å²) in [7, 11) is 1.20. The Labute approximate surface area is 125 Å². The smallest absolute Gasteiger partial charge is 0.358 e. The molecule has 0 aliphatic carbocycles. The standard InChI is InChI=1S/C14H13ClFN3O2/c1-6-3-7(16)4-8(12(6)18)10-5-9(17)11(15)13(19-10)14(20)21-2/h3-5H,18H2,1-2H3,(H2,17,19). The van der Waals surface area contributed by atoms with Gasteiger partial charge >= 0.3 is 5.97 Å². The maximum atomic E-state index is 13.6. The molecule has 1 heterocycles. The van der Waals surface area contributed by atoms with Gasteiger partial charge in [0.1, 0.15) is 5.82 Å². The first-order chi connectivity index (χ1) is 9.85. The van der Waals surface area contributed by atoms with E-state index < -0.39 is 11.8 Å². The van der Waals surface area contributed by atoms with Crippen molar-refractivity contribution in [1.82, 2.24) is 4.98 Å². The van der Waals surface area contributed by atoms with Gasteiger partial charge in [0.25, 0.3) is 0 Å². The molecule has 0 amide bonds. The summed E-state index contributed by atoms with van der Waals surface area (Å²) in [6.07, 6.45) is 0. The number of carbonyl (C=O) groups is 1. The fourth-order valence-electron chi connectivity index (χ4n) is 1.89. The molecule has 5 nitrogen and oxygen atoms in total.